The molecule has 1 aromatic heterocycles. The van der Waals surface area contributed by atoms with Gasteiger partial charge >= 0.3 is 0 Å². The summed E-state index contributed by atoms with van der Waals surface area (Å²) in [7, 11) is -3.88. The van der Waals surface area contributed by atoms with Gasteiger partial charge in [0.15, 0.2) is 0 Å². The van der Waals surface area contributed by atoms with Crippen LogP contribution in [0.4, 0.5) is 11.4 Å². The minimum absolute atomic E-state index is 0.0372. The van der Waals surface area contributed by atoms with E-state index in [2.05, 4.69) is 9.71 Å². The van der Waals surface area contributed by atoms with Crippen molar-refractivity contribution in [2.24, 2.45) is 23.7 Å². The average molecular weight is 446 g/mol. The van der Waals surface area contributed by atoms with Crippen LogP contribution in [0.3, 0.4) is 0 Å². The van der Waals surface area contributed by atoms with Crippen LogP contribution in [0.25, 0.3) is 10.9 Å². The van der Waals surface area contributed by atoms with Crippen LogP contribution >= 0.6 is 0 Å². The smallest absolute Gasteiger partial charge is 0.261 e. The van der Waals surface area contributed by atoms with Gasteiger partial charge in [-0.2, -0.15) is 0 Å². The molecule has 0 radical (unpaired) electrons. The average Bonchev–Trinajstić information content (AvgIpc) is 3.48. The first-order chi connectivity index (χ1) is 15.4. The van der Waals surface area contributed by atoms with Crippen molar-refractivity contribution in [2.45, 2.75) is 11.3 Å². The molecule has 1 aliphatic heterocycles. The van der Waals surface area contributed by atoms with Crippen LogP contribution in [-0.2, 0) is 19.6 Å². The van der Waals surface area contributed by atoms with Crippen molar-refractivity contribution in [2.75, 3.05) is 9.62 Å². The Morgan fingerprint density at radius 2 is 1.53 bits per heavy atom. The molecule has 3 aliphatic rings. The number of nitrogens with zero attached hydrogens (tertiary/aromatic N) is 2. The van der Waals surface area contributed by atoms with Gasteiger partial charge in [0.1, 0.15) is 0 Å². The van der Waals surface area contributed by atoms with Crippen molar-refractivity contribution in [3.63, 3.8) is 0 Å². The van der Waals surface area contributed by atoms with Crippen LogP contribution in [0.5, 0.6) is 0 Å². The maximum absolute atomic E-state index is 13.0. The van der Waals surface area contributed by atoms with Crippen molar-refractivity contribution in [3.05, 3.63) is 72.9 Å². The molecule has 7 nitrogen and oxygen atoms in total. The molecular formula is C24H19N3O4S. The van der Waals surface area contributed by atoms with E-state index in [1.807, 2.05) is 24.3 Å². The quantitative estimate of drug-likeness (QED) is 0.491. The molecule has 2 aromatic carbocycles. The molecule has 2 bridgehead atoms. The zero-order valence-corrected chi connectivity index (χ0v) is 17.7. The molecule has 1 saturated carbocycles. The molecule has 2 aliphatic carbocycles. The largest absolute Gasteiger partial charge is 0.277 e. The third-order valence-electron chi connectivity index (χ3n) is 6.75. The summed E-state index contributed by atoms with van der Waals surface area (Å²) in [5.41, 5.74) is 1.34. The number of allylic oxidation sites excluding steroid dienone is 2. The van der Waals surface area contributed by atoms with E-state index in [0.717, 1.165) is 11.8 Å². The van der Waals surface area contributed by atoms with E-state index in [-0.39, 0.29) is 40.4 Å². The molecule has 0 unspecified atom stereocenters. The van der Waals surface area contributed by atoms with E-state index in [0.29, 0.717) is 16.9 Å². The lowest BCUT2D eigenvalue weighted by Gasteiger charge is -2.18. The molecular weight excluding hydrogens is 426 g/mol. The van der Waals surface area contributed by atoms with Crippen molar-refractivity contribution >= 4 is 44.1 Å². The van der Waals surface area contributed by atoms with E-state index in [1.165, 1.54) is 29.2 Å². The van der Waals surface area contributed by atoms with Crippen LogP contribution in [0, 0.1) is 23.7 Å². The second-order valence-electron chi connectivity index (χ2n) is 8.49. The van der Waals surface area contributed by atoms with Gasteiger partial charge < -0.3 is 0 Å². The molecule has 1 saturated heterocycles. The Kier molecular flexibility index (Phi) is 4.04. The van der Waals surface area contributed by atoms with Crippen molar-refractivity contribution in [1.29, 1.82) is 0 Å². The van der Waals surface area contributed by atoms with Crippen molar-refractivity contribution in [3.8, 4) is 0 Å². The summed E-state index contributed by atoms with van der Waals surface area (Å²) in [5.74, 6) is -0.697. The third kappa shape index (κ3) is 2.72. The highest BCUT2D eigenvalue weighted by molar-refractivity contribution is 7.92. The number of sulfonamides is 1. The monoisotopic (exact) mass is 445 g/mol. The molecule has 2 amide bonds. The zero-order chi connectivity index (χ0) is 22.0. The van der Waals surface area contributed by atoms with Crippen LogP contribution < -0.4 is 9.62 Å². The summed E-state index contributed by atoms with van der Waals surface area (Å²) in [6.45, 7) is 0. The highest BCUT2D eigenvalue weighted by Crippen LogP contribution is 2.53. The Bertz CT molecular complexity index is 1380. The predicted octanol–water partition coefficient (Wildman–Crippen LogP) is 3.35. The number of imide groups is 1. The van der Waals surface area contributed by atoms with Crippen molar-refractivity contribution in [1.82, 2.24) is 4.98 Å². The van der Waals surface area contributed by atoms with Crippen molar-refractivity contribution < 1.29 is 18.0 Å². The van der Waals surface area contributed by atoms with E-state index < -0.39 is 10.0 Å². The number of hydrogen-bond acceptors (Lipinski definition) is 5. The maximum atomic E-state index is 13.0. The Balaban J connectivity index is 1.28. The van der Waals surface area contributed by atoms with Gasteiger partial charge in [-0.25, -0.2) is 8.42 Å². The molecule has 0 spiro atoms. The summed E-state index contributed by atoms with van der Waals surface area (Å²) in [6.07, 6.45) is 6.57. The molecule has 6 rings (SSSR count). The first kappa shape index (κ1) is 19.2. The third-order valence-corrected chi connectivity index (χ3v) is 8.13. The fraction of sp³-hybridized carbons (Fsp3) is 0.208. The first-order valence-corrected chi connectivity index (χ1v) is 12.0. The number of pyridine rings is 1. The zero-order valence-electron chi connectivity index (χ0n) is 16.9. The number of anilines is 2. The second kappa shape index (κ2) is 6.74. The van der Waals surface area contributed by atoms with Gasteiger partial charge in [0.2, 0.25) is 11.8 Å². The van der Waals surface area contributed by atoms with Gasteiger partial charge in [0, 0.05) is 11.6 Å². The van der Waals surface area contributed by atoms with E-state index >= 15 is 0 Å². The molecule has 32 heavy (non-hydrogen) atoms. The Morgan fingerprint density at radius 3 is 2.22 bits per heavy atom. The number of para-hydroxylation sites is 1. The van der Waals surface area contributed by atoms with Crippen LogP contribution in [0.2, 0.25) is 0 Å². The normalized spacial score (nSPS) is 26.2. The number of carbonyl (C=O) groups excluding carboxylic acids is 2. The number of aromatic nitrogens is 1. The Morgan fingerprint density at radius 1 is 0.875 bits per heavy atom. The van der Waals surface area contributed by atoms with Gasteiger partial charge in [0.25, 0.3) is 10.0 Å². The SMILES string of the molecule is O=C1[C@@H]2[C@H](C(=O)N1c1ccc(S(=O)(=O)Nc3cccc4cccnc34)cc1)[C@@H]1C=C[C@H]2C1. The number of nitrogens with one attached hydrogen (secondary N) is 1. The molecule has 1 N–H and O–H groups in total. The minimum atomic E-state index is -3.88. The second-order valence-corrected chi connectivity index (χ2v) is 10.2. The minimum Gasteiger partial charge on any atom is -0.277 e. The summed E-state index contributed by atoms with van der Waals surface area (Å²) >= 11 is 0. The number of fused-ring (bicyclic) bond motifs is 6. The number of benzene rings is 2. The fourth-order valence-corrected chi connectivity index (χ4v) is 6.39. The molecule has 2 fully saturated rings. The van der Waals surface area contributed by atoms with Gasteiger partial charge in [-0.1, -0.05) is 30.4 Å². The highest BCUT2D eigenvalue weighted by atomic mass is 32.2. The summed E-state index contributed by atoms with van der Waals surface area (Å²) in [5, 5.41) is 0.822. The number of hydrogen-bond donors (Lipinski definition) is 1. The molecule has 4 atom stereocenters. The summed E-state index contributed by atoms with van der Waals surface area (Å²) in [4.78, 5) is 31.5. The standard InChI is InChI=1S/C24H19N3O4S/c28-23-20-15-6-7-16(13-15)21(20)24(29)27(23)17-8-10-18(11-9-17)32(30,31)26-19-5-1-3-14-4-2-12-25-22(14)19/h1-12,15-16,20-21,26H,13H2/t15-,16+,20-,21+. The lowest BCUT2D eigenvalue weighted by molar-refractivity contribution is -0.123. The van der Waals surface area contributed by atoms with Gasteiger partial charge in [-0.15, -0.1) is 0 Å². The van der Waals surface area contributed by atoms with Gasteiger partial charge in [-0.3, -0.25) is 24.2 Å². The van der Waals surface area contributed by atoms with E-state index in [4.69, 9.17) is 0 Å². The number of carbonyl (C=O) groups is 2. The summed E-state index contributed by atoms with van der Waals surface area (Å²) in [6, 6.07) is 14.8. The number of amides is 2. The molecule has 8 heteroatoms. The first-order valence-electron chi connectivity index (χ1n) is 10.5. The number of rotatable bonds is 4. The van der Waals surface area contributed by atoms with Crippen LogP contribution in [0.1, 0.15) is 6.42 Å². The van der Waals surface area contributed by atoms with E-state index in [1.54, 1.807) is 24.4 Å². The fourth-order valence-electron chi connectivity index (χ4n) is 5.32. The van der Waals surface area contributed by atoms with Crippen LogP contribution in [0.15, 0.2) is 77.8 Å². The summed E-state index contributed by atoms with van der Waals surface area (Å²) < 4.78 is 28.5. The predicted molar refractivity (Wildman–Crippen MR) is 119 cm³/mol. The van der Waals surface area contributed by atoms with Crippen LogP contribution in [-0.4, -0.2) is 25.2 Å². The lowest BCUT2D eigenvalue weighted by Crippen LogP contribution is -2.32. The maximum Gasteiger partial charge on any atom is 0.261 e. The molecule has 2 heterocycles. The Labute approximate surface area is 184 Å². The lowest BCUT2D eigenvalue weighted by atomic mass is 9.85. The highest BCUT2D eigenvalue weighted by Gasteiger charge is 2.59. The van der Waals surface area contributed by atoms with E-state index in [9.17, 15) is 18.0 Å². The molecule has 160 valence electrons. The Hall–Kier alpha value is -3.52. The topological polar surface area (TPSA) is 96.4 Å². The van der Waals surface area contributed by atoms with Gasteiger partial charge in [0.05, 0.1) is 33.6 Å². The molecule has 3 aromatic rings. The van der Waals surface area contributed by atoms with Gasteiger partial charge in [-0.05, 0) is 54.7 Å².